The summed E-state index contributed by atoms with van der Waals surface area (Å²) in [6, 6.07) is 26.4. The van der Waals surface area contributed by atoms with Gasteiger partial charge in [0.1, 0.15) is 11.8 Å². The Morgan fingerprint density at radius 1 is 0.639 bits per heavy atom. The van der Waals surface area contributed by atoms with Gasteiger partial charge in [-0.3, -0.25) is 19.3 Å². The van der Waals surface area contributed by atoms with Gasteiger partial charge in [0.05, 0.1) is 26.3 Å². The average Bonchev–Trinajstić information content (AvgIpc) is 2.92. The fraction of sp³-hybridized carbons (Fsp3) is 0.233. The second-order valence-corrected chi connectivity index (χ2v) is 9.17. The van der Waals surface area contributed by atoms with E-state index in [1.54, 1.807) is 0 Å². The molecule has 0 spiro atoms. The zero-order chi connectivity index (χ0) is 25.4. The molecule has 4 atom stereocenters. The largest absolute Gasteiger partial charge is 0.468 e. The van der Waals surface area contributed by atoms with Gasteiger partial charge in [-0.05, 0) is 51.9 Å². The molecular formula is C30H27NO5. The standard InChI is InChI=1S/C30H27NO5/c1-31-26(22-14-12-18-8-4-6-10-20(18)16-22)24(29(33)35-2)28(32)25(30(34)36-3)27(31)23-15-13-19-9-5-7-11-21(19)17-23/h4-17,24-27H,1-3H3. The second kappa shape index (κ2) is 9.55. The van der Waals surface area contributed by atoms with Crippen molar-refractivity contribution >= 4 is 39.3 Å². The Balaban J connectivity index is 1.70. The number of piperidine rings is 1. The molecule has 182 valence electrons. The van der Waals surface area contributed by atoms with Crippen LogP contribution in [-0.2, 0) is 23.9 Å². The number of Topliss-reactive ketones (excluding diaryl/α,β-unsaturated/α-hetero) is 1. The first-order valence-corrected chi connectivity index (χ1v) is 11.8. The molecule has 4 unspecified atom stereocenters. The van der Waals surface area contributed by atoms with Crippen LogP contribution >= 0.6 is 0 Å². The minimum absolute atomic E-state index is 0.497. The lowest BCUT2D eigenvalue weighted by Gasteiger charge is -2.46. The van der Waals surface area contributed by atoms with Crippen molar-refractivity contribution in [3.8, 4) is 0 Å². The highest BCUT2D eigenvalue weighted by molar-refractivity contribution is 6.10. The highest BCUT2D eigenvalue weighted by Gasteiger charge is 2.54. The minimum Gasteiger partial charge on any atom is -0.468 e. The Morgan fingerprint density at radius 3 is 1.42 bits per heavy atom. The summed E-state index contributed by atoms with van der Waals surface area (Å²) in [5, 5.41) is 4.10. The molecule has 1 aliphatic rings. The van der Waals surface area contributed by atoms with E-state index in [9.17, 15) is 14.4 Å². The van der Waals surface area contributed by atoms with E-state index >= 15 is 0 Å². The molecule has 0 N–H and O–H groups in total. The second-order valence-electron chi connectivity index (χ2n) is 9.17. The van der Waals surface area contributed by atoms with Crippen LogP contribution in [0.1, 0.15) is 23.2 Å². The number of nitrogens with zero attached hydrogens (tertiary/aromatic N) is 1. The van der Waals surface area contributed by atoms with Crippen LogP contribution in [0.15, 0.2) is 84.9 Å². The maximum atomic E-state index is 13.9. The summed E-state index contributed by atoms with van der Waals surface area (Å²) in [5.74, 6) is -4.20. The number of fused-ring (bicyclic) bond motifs is 2. The van der Waals surface area contributed by atoms with Gasteiger partial charge in [0.15, 0.2) is 5.78 Å². The zero-order valence-electron chi connectivity index (χ0n) is 20.4. The Kier molecular flexibility index (Phi) is 6.29. The van der Waals surface area contributed by atoms with E-state index in [1.165, 1.54) is 14.2 Å². The van der Waals surface area contributed by atoms with Gasteiger partial charge in [-0.1, -0.05) is 72.8 Å². The molecule has 5 rings (SSSR count). The van der Waals surface area contributed by atoms with E-state index in [4.69, 9.17) is 9.47 Å². The molecule has 1 heterocycles. The molecule has 0 amide bonds. The summed E-state index contributed by atoms with van der Waals surface area (Å²) in [4.78, 5) is 41.9. The number of rotatable bonds is 4. The molecule has 36 heavy (non-hydrogen) atoms. The number of carbonyl (C=O) groups excluding carboxylic acids is 3. The molecule has 0 radical (unpaired) electrons. The Hall–Kier alpha value is -4.03. The molecule has 0 saturated carbocycles. The maximum Gasteiger partial charge on any atom is 0.318 e. The molecule has 1 saturated heterocycles. The molecule has 0 aliphatic carbocycles. The summed E-state index contributed by atoms with van der Waals surface area (Å²) in [6.07, 6.45) is 0. The normalized spacial score (nSPS) is 22.5. The lowest BCUT2D eigenvalue weighted by Crippen LogP contribution is -2.54. The van der Waals surface area contributed by atoms with E-state index in [2.05, 4.69) is 0 Å². The van der Waals surface area contributed by atoms with Crippen LogP contribution in [0.25, 0.3) is 21.5 Å². The molecule has 4 aromatic rings. The molecule has 6 heteroatoms. The number of carbonyl (C=O) groups is 3. The Labute approximate surface area is 209 Å². The van der Waals surface area contributed by atoms with Crippen molar-refractivity contribution in [3.63, 3.8) is 0 Å². The first kappa shape index (κ1) is 23.7. The van der Waals surface area contributed by atoms with Crippen LogP contribution in [0, 0.1) is 11.8 Å². The zero-order valence-corrected chi connectivity index (χ0v) is 20.4. The molecule has 0 bridgehead atoms. The van der Waals surface area contributed by atoms with Crippen molar-refractivity contribution in [1.82, 2.24) is 4.90 Å². The van der Waals surface area contributed by atoms with Crippen LogP contribution in [0.5, 0.6) is 0 Å². The van der Waals surface area contributed by atoms with Crippen LogP contribution in [0.3, 0.4) is 0 Å². The molecule has 4 aromatic carbocycles. The number of ketones is 1. The molecule has 6 nitrogen and oxygen atoms in total. The van der Waals surface area contributed by atoms with Crippen molar-refractivity contribution in [2.24, 2.45) is 11.8 Å². The van der Waals surface area contributed by atoms with Crippen molar-refractivity contribution in [2.75, 3.05) is 21.3 Å². The molecule has 0 aromatic heterocycles. The minimum atomic E-state index is -1.18. The summed E-state index contributed by atoms with van der Waals surface area (Å²) in [5.41, 5.74) is 1.60. The molecule has 1 fully saturated rings. The quantitative estimate of drug-likeness (QED) is 0.306. The molecule has 1 aliphatic heterocycles. The topological polar surface area (TPSA) is 72.9 Å². The van der Waals surface area contributed by atoms with E-state index in [1.807, 2.05) is 96.9 Å². The third-order valence-corrected chi connectivity index (χ3v) is 7.26. The number of hydrogen-bond donors (Lipinski definition) is 0. The number of ether oxygens (including phenoxy) is 2. The monoisotopic (exact) mass is 481 g/mol. The van der Waals surface area contributed by atoms with E-state index in [-0.39, 0.29) is 0 Å². The first-order chi connectivity index (χ1) is 17.4. The number of methoxy groups -OCH3 is 2. The maximum absolute atomic E-state index is 13.9. The van der Waals surface area contributed by atoms with Crippen LogP contribution in [0.2, 0.25) is 0 Å². The van der Waals surface area contributed by atoms with Gasteiger partial charge >= 0.3 is 11.9 Å². The van der Waals surface area contributed by atoms with Crippen LogP contribution in [0.4, 0.5) is 0 Å². The number of hydrogen-bond acceptors (Lipinski definition) is 6. The summed E-state index contributed by atoms with van der Waals surface area (Å²) >= 11 is 0. The average molecular weight is 482 g/mol. The van der Waals surface area contributed by atoms with Crippen molar-refractivity contribution in [1.29, 1.82) is 0 Å². The summed E-state index contributed by atoms with van der Waals surface area (Å²) in [7, 11) is 4.36. The Bertz CT molecular complexity index is 1370. The third-order valence-electron chi connectivity index (χ3n) is 7.26. The number of likely N-dealkylation sites (tertiary alicyclic amines) is 1. The lowest BCUT2D eigenvalue weighted by atomic mass is 9.72. The summed E-state index contributed by atoms with van der Waals surface area (Å²) < 4.78 is 10.1. The van der Waals surface area contributed by atoms with Gasteiger partial charge < -0.3 is 9.47 Å². The smallest absolute Gasteiger partial charge is 0.318 e. The van der Waals surface area contributed by atoms with Gasteiger partial charge in [-0.15, -0.1) is 0 Å². The number of esters is 2. The van der Waals surface area contributed by atoms with E-state index < -0.39 is 41.6 Å². The lowest BCUT2D eigenvalue weighted by molar-refractivity contribution is -0.167. The van der Waals surface area contributed by atoms with Gasteiger partial charge in [0.25, 0.3) is 0 Å². The van der Waals surface area contributed by atoms with Crippen molar-refractivity contribution in [3.05, 3.63) is 96.1 Å². The predicted molar refractivity (Wildman–Crippen MR) is 137 cm³/mol. The van der Waals surface area contributed by atoms with E-state index in [0.717, 1.165) is 32.7 Å². The van der Waals surface area contributed by atoms with Gasteiger partial charge in [-0.25, -0.2) is 0 Å². The van der Waals surface area contributed by atoms with E-state index in [0.29, 0.717) is 0 Å². The van der Waals surface area contributed by atoms with Crippen LogP contribution < -0.4 is 0 Å². The third kappa shape index (κ3) is 3.93. The van der Waals surface area contributed by atoms with Crippen LogP contribution in [-0.4, -0.2) is 43.9 Å². The Morgan fingerprint density at radius 2 is 1.03 bits per heavy atom. The first-order valence-electron chi connectivity index (χ1n) is 11.8. The fourth-order valence-electron chi connectivity index (χ4n) is 5.53. The molecular weight excluding hydrogens is 454 g/mol. The number of benzene rings is 4. The van der Waals surface area contributed by atoms with Gasteiger partial charge in [0.2, 0.25) is 0 Å². The van der Waals surface area contributed by atoms with Gasteiger partial charge in [0, 0.05) is 0 Å². The van der Waals surface area contributed by atoms with Gasteiger partial charge in [-0.2, -0.15) is 0 Å². The fourth-order valence-corrected chi connectivity index (χ4v) is 5.53. The SMILES string of the molecule is COC(=O)C1C(=O)C(C(=O)OC)C(c2ccc3ccccc3c2)N(C)C1c1ccc2ccccc2c1. The highest BCUT2D eigenvalue weighted by atomic mass is 16.5. The predicted octanol–water partition coefficient (Wildman–Crippen LogP) is 4.87. The summed E-state index contributed by atoms with van der Waals surface area (Å²) in [6.45, 7) is 0. The van der Waals surface area contributed by atoms with Crippen molar-refractivity contribution < 1.29 is 23.9 Å². The highest BCUT2D eigenvalue weighted by Crippen LogP contribution is 2.47. The van der Waals surface area contributed by atoms with Crippen molar-refractivity contribution in [2.45, 2.75) is 12.1 Å².